The zero-order valence-corrected chi connectivity index (χ0v) is 15.8. The molecule has 1 atom stereocenters. The van der Waals surface area contributed by atoms with Crippen molar-refractivity contribution in [3.8, 4) is 0 Å². The summed E-state index contributed by atoms with van der Waals surface area (Å²) in [6, 6.07) is 14.6. The van der Waals surface area contributed by atoms with Crippen molar-refractivity contribution in [2.24, 2.45) is 5.73 Å². The van der Waals surface area contributed by atoms with E-state index >= 15 is 0 Å². The highest BCUT2D eigenvalue weighted by atomic mass is 35.5. The number of carbonyl (C=O) groups excluding carboxylic acids is 2. The molecule has 2 amide bonds. The van der Waals surface area contributed by atoms with Gasteiger partial charge in [0.15, 0.2) is 0 Å². The van der Waals surface area contributed by atoms with Gasteiger partial charge in [-0.3, -0.25) is 9.59 Å². The van der Waals surface area contributed by atoms with Crippen molar-refractivity contribution in [2.75, 3.05) is 11.9 Å². The van der Waals surface area contributed by atoms with Crippen molar-refractivity contribution in [2.45, 2.75) is 32.0 Å². The van der Waals surface area contributed by atoms with Gasteiger partial charge in [0, 0.05) is 30.9 Å². The van der Waals surface area contributed by atoms with Gasteiger partial charge in [0.2, 0.25) is 0 Å². The van der Waals surface area contributed by atoms with Crippen LogP contribution in [0, 0.1) is 0 Å². The van der Waals surface area contributed by atoms with Gasteiger partial charge in [0.25, 0.3) is 11.8 Å². The van der Waals surface area contributed by atoms with E-state index in [1.54, 1.807) is 12.1 Å². The van der Waals surface area contributed by atoms with Crippen LogP contribution in [0.2, 0.25) is 0 Å². The van der Waals surface area contributed by atoms with Crippen LogP contribution in [0.3, 0.4) is 0 Å². The van der Waals surface area contributed by atoms with Crippen LogP contribution in [0.5, 0.6) is 0 Å². The summed E-state index contributed by atoms with van der Waals surface area (Å²) in [5.74, 6) is -0.272. The first-order valence-electron chi connectivity index (χ1n) is 8.74. The first-order chi connectivity index (χ1) is 12.7. The third kappa shape index (κ3) is 5.79. The summed E-state index contributed by atoms with van der Waals surface area (Å²) in [6.45, 7) is 1.46. The zero-order valence-electron chi connectivity index (χ0n) is 14.9. The van der Waals surface area contributed by atoms with E-state index < -0.39 is 0 Å². The van der Waals surface area contributed by atoms with Gasteiger partial charge in [0.1, 0.15) is 6.10 Å². The van der Waals surface area contributed by atoms with Crippen molar-refractivity contribution in [3.63, 3.8) is 0 Å². The standard InChI is InChI=1S/C20H23N3O3.ClH/c21-12-14-6-8-16(9-7-14)19(24)22-13-15-3-1-4-17(11-15)23-20(25)18-5-2-10-26-18;/h1,3-4,6-9,11,18H,2,5,10,12-13,21H2,(H,22,24)(H,23,25);1H. The second-order valence-electron chi connectivity index (χ2n) is 6.28. The fourth-order valence-electron chi connectivity index (χ4n) is 2.84. The number of carbonyl (C=O) groups is 2. The maximum atomic E-state index is 12.2. The predicted molar refractivity (Wildman–Crippen MR) is 107 cm³/mol. The van der Waals surface area contributed by atoms with E-state index in [1.165, 1.54) is 0 Å². The molecule has 1 fully saturated rings. The lowest BCUT2D eigenvalue weighted by Gasteiger charge is -2.12. The fourth-order valence-corrected chi connectivity index (χ4v) is 2.84. The molecule has 144 valence electrons. The van der Waals surface area contributed by atoms with Crippen LogP contribution in [0.1, 0.15) is 34.3 Å². The number of benzene rings is 2. The smallest absolute Gasteiger partial charge is 0.253 e. The monoisotopic (exact) mass is 389 g/mol. The summed E-state index contributed by atoms with van der Waals surface area (Å²) in [7, 11) is 0. The Morgan fingerprint density at radius 2 is 1.89 bits per heavy atom. The van der Waals surface area contributed by atoms with Crippen LogP contribution in [-0.2, 0) is 22.6 Å². The quantitative estimate of drug-likeness (QED) is 0.707. The Morgan fingerprint density at radius 1 is 1.11 bits per heavy atom. The molecule has 1 saturated heterocycles. The van der Waals surface area contributed by atoms with Crippen molar-refractivity contribution >= 4 is 29.9 Å². The van der Waals surface area contributed by atoms with Gasteiger partial charge in [0.05, 0.1) is 0 Å². The fraction of sp³-hybridized carbons (Fsp3) is 0.300. The molecule has 1 aliphatic heterocycles. The van der Waals surface area contributed by atoms with E-state index in [0.717, 1.165) is 24.0 Å². The lowest BCUT2D eigenvalue weighted by Crippen LogP contribution is -2.27. The van der Waals surface area contributed by atoms with E-state index in [4.69, 9.17) is 10.5 Å². The highest BCUT2D eigenvalue weighted by Gasteiger charge is 2.23. The van der Waals surface area contributed by atoms with E-state index in [2.05, 4.69) is 10.6 Å². The second kappa shape index (κ2) is 10.1. The van der Waals surface area contributed by atoms with Gasteiger partial charge >= 0.3 is 0 Å². The molecule has 0 bridgehead atoms. The Kier molecular flexibility index (Phi) is 7.79. The number of amides is 2. The van der Waals surface area contributed by atoms with Gasteiger partial charge in [-0.05, 0) is 48.2 Å². The number of nitrogens with one attached hydrogen (secondary N) is 2. The Bertz CT molecular complexity index is 774. The normalized spacial score (nSPS) is 15.7. The number of halogens is 1. The van der Waals surface area contributed by atoms with E-state index in [1.807, 2.05) is 36.4 Å². The Hall–Kier alpha value is -2.41. The molecule has 2 aromatic carbocycles. The molecule has 6 nitrogen and oxygen atoms in total. The molecule has 1 unspecified atom stereocenters. The van der Waals surface area contributed by atoms with Crippen molar-refractivity contribution < 1.29 is 14.3 Å². The number of nitrogens with two attached hydrogens (primary N) is 1. The lowest BCUT2D eigenvalue weighted by molar-refractivity contribution is -0.124. The minimum Gasteiger partial charge on any atom is -0.368 e. The Morgan fingerprint density at radius 3 is 2.56 bits per heavy atom. The first kappa shape index (κ1) is 20.9. The van der Waals surface area contributed by atoms with Crippen molar-refractivity contribution in [3.05, 3.63) is 65.2 Å². The maximum Gasteiger partial charge on any atom is 0.253 e. The van der Waals surface area contributed by atoms with E-state index in [0.29, 0.717) is 30.9 Å². The predicted octanol–water partition coefficient (Wildman–Crippen LogP) is 2.61. The van der Waals surface area contributed by atoms with Gasteiger partial charge in [-0.25, -0.2) is 0 Å². The molecular weight excluding hydrogens is 366 g/mol. The second-order valence-corrected chi connectivity index (χ2v) is 6.28. The van der Waals surface area contributed by atoms with Crippen LogP contribution >= 0.6 is 12.4 Å². The average molecular weight is 390 g/mol. The van der Waals surface area contributed by atoms with Gasteiger partial charge in [-0.2, -0.15) is 0 Å². The minimum atomic E-state index is -0.366. The topological polar surface area (TPSA) is 93.5 Å². The molecule has 0 aliphatic carbocycles. The highest BCUT2D eigenvalue weighted by molar-refractivity contribution is 5.95. The SMILES string of the molecule is Cl.NCc1ccc(C(=O)NCc2cccc(NC(=O)C3CCCO3)c2)cc1. The molecule has 4 N–H and O–H groups in total. The molecule has 1 aliphatic rings. The molecular formula is C20H24ClN3O3. The van der Waals surface area contributed by atoms with Crippen LogP contribution in [-0.4, -0.2) is 24.5 Å². The molecule has 1 heterocycles. The largest absolute Gasteiger partial charge is 0.368 e. The highest BCUT2D eigenvalue weighted by Crippen LogP contribution is 2.16. The lowest BCUT2D eigenvalue weighted by atomic mass is 10.1. The van der Waals surface area contributed by atoms with Crippen LogP contribution in [0.25, 0.3) is 0 Å². The summed E-state index contributed by atoms with van der Waals surface area (Å²) >= 11 is 0. The summed E-state index contributed by atoms with van der Waals surface area (Å²) < 4.78 is 5.38. The summed E-state index contributed by atoms with van der Waals surface area (Å²) in [5, 5.41) is 5.75. The van der Waals surface area contributed by atoms with Crippen LogP contribution in [0.15, 0.2) is 48.5 Å². The summed E-state index contributed by atoms with van der Waals surface area (Å²) in [5.41, 5.74) is 8.73. The molecule has 2 aromatic rings. The van der Waals surface area contributed by atoms with Crippen molar-refractivity contribution in [1.82, 2.24) is 5.32 Å². The molecule has 0 spiro atoms. The van der Waals surface area contributed by atoms with Crippen LogP contribution < -0.4 is 16.4 Å². The molecule has 0 aromatic heterocycles. The Labute approximate surface area is 164 Å². The third-order valence-corrected chi connectivity index (χ3v) is 4.32. The number of anilines is 1. The van der Waals surface area contributed by atoms with Gasteiger partial charge in [-0.15, -0.1) is 12.4 Å². The molecule has 0 radical (unpaired) electrons. The zero-order chi connectivity index (χ0) is 18.4. The molecule has 3 rings (SSSR count). The van der Waals surface area contributed by atoms with E-state index in [-0.39, 0.29) is 30.3 Å². The number of rotatable bonds is 6. The minimum absolute atomic E-state index is 0. The molecule has 0 saturated carbocycles. The third-order valence-electron chi connectivity index (χ3n) is 4.32. The van der Waals surface area contributed by atoms with E-state index in [9.17, 15) is 9.59 Å². The van der Waals surface area contributed by atoms with Crippen molar-refractivity contribution in [1.29, 1.82) is 0 Å². The van der Waals surface area contributed by atoms with Crippen LogP contribution in [0.4, 0.5) is 5.69 Å². The maximum absolute atomic E-state index is 12.2. The summed E-state index contributed by atoms with van der Waals surface area (Å²) in [4.78, 5) is 24.3. The number of hydrogen-bond acceptors (Lipinski definition) is 4. The summed E-state index contributed by atoms with van der Waals surface area (Å²) in [6.07, 6.45) is 1.30. The molecule has 7 heteroatoms. The number of ether oxygens (including phenoxy) is 1. The Balaban J connectivity index is 0.00000261. The van der Waals surface area contributed by atoms with Gasteiger partial charge < -0.3 is 21.1 Å². The molecule has 27 heavy (non-hydrogen) atoms. The average Bonchev–Trinajstić information content (AvgIpc) is 3.21. The number of hydrogen-bond donors (Lipinski definition) is 3. The van der Waals surface area contributed by atoms with Gasteiger partial charge in [-0.1, -0.05) is 24.3 Å². The first-order valence-corrected chi connectivity index (χ1v) is 8.74.